The minimum Gasteiger partial charge on any atom is -0.237 e. The van der Waals surface area contributed by atoms with Crippen molar-refractivity contribution in [2.45, 2.75) is 12.8 Å². The molecule has 2 heterocycles. The Morgan fingerprint density at radius 2 is 0.824 bits per heavy atom. The Bertz CT molecular complexity index is 1410. The van der Waals surface area contributed by atoms with Crippen LogP contribution in [-0.4, -0.2) is 11.4 Å². The van der Waals surface area contributed by atoms with Crippen LogP contribution >= 0.6 is 0 Å². The van der Waals surface area contributed by atoms with E-state index in [-0.39, 0.29) is 0 Å². The fourth-order valence-corrected chi connectivity index (χ4v) is 4.29. The van der Waals surface area contributed by atoms with Gasteiger partial charge in [0, 0.05) is 24.0 Å². The molecule has 6 rings (SSSR count). The van der Waals surface area contributed by atoms with Gasteiger partial charge in [0.05, 0.1) is 11.4 Å². The Morgan fingerprint density at radius 1 is 0.471 bits per heavy atom. The smallest absolute Gasteiger partial charge is 0.148 e. The molecule has 0 aromatic heterocycles. The van der Waals surface area contributed by atoms with Crippen LogP contribution in [-0.2, 0) is 12.8 Å². The first-order valence-corrected chi connectivity index (χ1v) is 11.1. The molecule has 0 N–H and O–H groups in total. The van der Waals surface area contributed by atoms with Crippen molar-refractivity contribution in [3.05, 3.63) is 130 Å². The summed E-state index contributed by atoms with van der Waals surface area (Å²) >= 11 is 0. The normalized spacial score (nSPS) is 12.8. The third-order valence-electron chi connectivity index (χ3n) is 5.97. The summed E-state index contributed by atoms with van der Waals surface area (Å²) < 4.78 is 0. The number of hydrogen-bond donors (Lipinski definition) is 0. The van der Waals surface area contributed by atoms with Crippen LogP contribution in [0.5, 0.6) is 0 Å². The van der Waals surface area contributed by atoms with E-state index in [4.69, 9.17) is 0 Å². The molecule has 0 amide bonds. The molecule has 0 saturated heterocycles. The maximum atomic E-state index is 9.21. The highest BCUT2D eigenvalue weighted by atomic mass is 14.8. The van der Waals surface area contributed by atoms with E-state index in [9.17, 15) is 10.5 Å². The number of benzene rings is 4. The quantitative estimate of drug-likeness (QED) is 0.317. The van der Waals surface area contributed by atoms with Gasteiger partial charge in [0.25, 0.3) is 0 Å². The van der Waals surface area contributed by atoms with E-state index in [1.807, 2.05) is 72.8 Å². The molecular weight excluding hydrogens is 416 g/mol. The van der Waals surface area contributed by atoms with Gasteiger partial charge in [0.15, 0.2) is 0 Å². The molecule has 0 radical (unpaired) electrons. The van der Waals surface area contributed by atoms with Crippen LogP contribution in [0, 0.1) is 22.7 Å². The van der Waals surface area contributed by atoms with Gasteiger partial charge in [-0.25, -0.2) is 9.98 Å². The molecular formula is C30H20N4. The lowest BCUT2D eigenvalue weighted by Gasteiger charge is -2.04. The zero-order valence-corrected chi connectivity index (χ0v) is 18.4. The molecule has 2 aliphatic rings. The summed E-state index contributed by atoms with van der Waals surface area (Å²) in [6.07, 6.45) is 1.67. The van der Waals surface area contributed by atoms with Crippen molar-refractivity contribution in [3.63, 3.8) is 0 Å². The molecule has 0 atom stereocenters. The van der Waals surface area contributed by atoms with Crippen molar-refractivity contribution >= 4 is 22.8 Å². The second-order valence-corrected chi connectivity index (χ2v) is 8.07. The van der Waals surface area contributed by atoms with Crippen LogP contribution in [0.1, 0.15) is 33.4 Å². The average molecular weight is 437 g/mol. The molecule has 0 bridgehead atoms. The highest BCUT2D eigenvalue weighted by molar-refractivity contribution is 6.14. The molecule has 34 heavy (non-hydrogen) atoms. The Kier molecular flexibility index (Phi) is 5.80. The summed E-state index contributed by atoms with van der Waals surface area (Å²) in [4.78, 5) is 8.91. The summed E-state index contributed by atoms with van der Waals surface area (Å²) in [7, 11) is 0. The maximum Gasteiger partial charge on any atom is 0.148 e. The number of para-hydroxylation sites is 2. The van der Waals surface area contributed by atoms with Gasteiger partial charge >= 0.3 is 0 Å². The first kappa shape index (κ1) is 21.1. The number of nitriles is 2. The minimum absolute atomic E-state index is 0.505. The average Bonchev–Trinajstić information content (AvgIpc) is 3.16. The largest absolute Gasteiger partial charge is 0.237 e. The highest BCUT2D eigenvalue weighted by Gasteiger charge is 2.16. The van der Waals surface area contributed by atoms with E-state index in [0.717, 1.165) is 46.5 Å². The molecule has 0 unspecified atom stereocenters. The van der Waals surface area contributed by atoms with Gasteiger partial charge in [-0.05, 0) is 34.4 Å². The van der Waals surface area contributed by atoms with Crippen molar-refractivity contribution in [1.82, 2.24) is 0 Å². The van der Waals surface area contributed by atoms with E-state index in [1.54, 1.807) is 0 Å². The molecule has 4 aromatic rings. The van der Waals surface area contributed by atoms with Crippen LogP contribution < -0.4 is 0 Å². The summed E-state index contributed by atoms with van der Waals surface area (Å²) in [5, 5.41) is 18.4. The maximum absolute atomic E-state index is 9.21. The molecule has 160 valence electrons. The Morgan fingerprint density at radius 3 is 1.24 bits per heavy atom. The van der Waals surface area contributed by atoms with Crippen molar-refractivity contribution in [1.29, 1.82) is 10.5 Å². The monoisotopic (exact) mass is 436 g/mol. The van der Waals surface area contributed by atoms with Crippen molar-refractivity contribution in [3.8, 4) is 12.1 Å². The summed E-state index contributed by atoms with van der Waals surface area (Å²) in [5.74, 6) is 0. The minimum atomic E-state index is 0.505. The van der Waals surface area contributed by atoms with Gasteiger partial charge in [-0.1, -0.05) is 84.9 Å². The first-order valence-electron chi connectivity index (χ1n) is 11.1. The van der Waals surface area contributed by atoms with E-state index in [0.29, 0.717) is 11.4 Å². The lowest BCUT2D eigenvalue weighted by Crippen LogP contribution is -1.99. The SMILES string of the molecule is N#CC1=Nc2ccccc2Cc2ccccc21.N#CC1=Nc2ccccc2Cc2ccccc21. The third-order valence-corrected chi connectivity index (χ3v) is 5.97. The van der Waals surface area contributed by atoms with E-state index in [1.165, 1.54) is 11.1 Å². The Labute approximate surface area is 198 Å². The van der Waals surface area contributed by atoms with Crippen molar-refractivity contribution < 1.29 is 0 Å². The molecule has 0 aliphatic carbocycles. The van der Waals surface area contributed by atoms with Gasteiger partial charge < -0.3 is 0 Å². The summed E-state index contributed by atoms with van der Waals surface area (Å²) in [6.45, 7) is 0. The Hall–Kier alpha value is -4.80. The number of aliphatic imine (C=N–C) groups is 2. The van der Waals surface area contributed by atoms with E-state index >= 15 is 0 Å². The topological polar surface area (TPSA) is 72.3 Å². The fraction of sp³-hybridized carbons (Fsp3) is 0.0667. The van der Waals surface area contributed by atoms with Crippen LogP contribution in [0.3, 0.4) is 0 Å². The van der Waals surface area contributed by atoms with Crippen LogP contribution in [0.15, 0.2) is 107 Å². The number of fused-ring (bicyclic) bond motifs is 4. The summed E-state index contributed by atoms with van der Waals surface area (Å²) in [5.41, 5.74) is 9.39. The van der Waals surface area contributed by atoms with Crippen LogP contribution in [0.4, 0.5) is 11.4 Å². The number of nitrogens with zero attached hydrogens (tertiary/aromatic N) is 4. The van der Waals surface area contributed by atoms with Crippen LogP contribution in [0.2, 0.25) is 0 Å². The molecule has 4 heteroatoms. The predicted molar refractivity (Wildman–Crippen MR) is 135 cm³/mol. The lowest BCUT2D eigenvalue weighted by atomic mass is 9.98. The van der Waals surface area contributed by atoms with Crippen molar-refractivity contribution in [2.24, 2.45) is 9.98 Å². The molecule has 0 saturated carbocycles. The second-order valence-electron chi connectivity index (χ2n) is 8.07. The molecule has 0 fully saturated rings. The van der Waals surface area contributed by atoms with Crippen molar-refractivity contribution in [2.75, 3.05) is 0 Å². The van der Waals surface area contributed by atoms with Crippen LogP contribution in [0.25, 0.3) is 0 Å². The number of hydrogen-bond acceptors (Lipinski definition) is 4. The molecule has 4 aromatic carbocycles. The van der Waals surface area contributed by atoms with Gasteiger partial charge in [-0.15, -0.1) is 0 Å². The third kappa shape index (κ3) is 4.13. The zero-order chi connectivity index (χ0) is 23.3. The predicted octanol–water partition coefficient (Wildman–Crippen LogP) is 6.47. The standard InChI is InChI=1S/2C15H10N2/c2*16-10-15-13-7-3-1-5-11(13)9-12-6-2-4-8-14(12)17-15/h2*1-8H,9H2. The van der Waals surface area contributed by atoms with E-state index in [2.05, 4.69) is 46.4 Å². The van der Waals surface area contributed by atoms with Gasteiger partial charge in [-0.3, -0.25) is 0 Å². The molecule has 4 nitrogen and oxygen atoms in total. The summed E-state index contributed by atoms with van der Waals surface area (Å²) in [6, 6.07) is 36.3. The highest BCUT2D eigenvalue weighted by Crippen LogP contribution is 2.29. The molecule has 0 spiro atoms. The Balaban J connectivity index is 0.000000142. The van der Waals surface area contributed by atoms with Gasteiger partial charge in [0.1, 0.15) is 23.6 Å². The first-order chi connectivity index (χ1) is 16.8. The van der Waals surface area contributed by atoms with Gasteiger partial charge in [-0.2, -0.15) is 10.5 Å². The molecule has 2 aliphatic heterocycles. The van der Waals surface area contributed by atoms with Gasteiger partial charge in [0.2, 0.25) is 0 Å². The lowest BCUT2D eigenvalue weighted by molar-refractivity contribution is 1.19. The fourth-order valence-electron chi connectivity index (χ4n) is 4.29. The second kappa shape index (κ2) is 9.36. The van der Waals surface area contributed by atoms with E-state index < -0.39 is 0 Å². The number of rotatable bonds is 0. The zero-order valence-electron chi connectivity index (χ0n) is 18.4.